The van der Waals surface area contributed by atoms with Crippen molar-refractivity contribution in [2.45, 2.75) is 39.0 Å². The van der Waals surface area contributed by atoms with E-state index < -0.39 is 0 Å². The first-order valence-electron chi connectivity index (χ1n) is 5.69. The molecule has 0 fully saturated rings. The highest BCUT2D eigenvalue weighted by atomic mass is 32.2. The van der Waals surface area contributed by atoms with Crippen LogP contribution in [0, 0.1) is 5.41 Å². The predicted octanol–water partition coefficient (Wildman–Crippen LogP) is 2.71. The molecule has 0 spiro atoms. The lowest BCUT2D eigenvalue weighted by Crippen LogP contribution is -2.31. The van der Waals surface area contributed by atoms with Gasteiger partial charge in [-0.3, -0.25) is 4.79 Å². The second kappa shape index (κ2) is 4.41. The minimum absolute atomic E-state index is 0.0195. The first-order valence-corrected chi connectivity index (χ1v) is 6.57. The van der Waals surface area contributed by atoms with E-state index >= 15 is 0 Å². The summed E-state index contributed by atoms with van der Waals surface area (Å²) >= 11 is 1.53. The highest BCUT2D eigenvalue weighted by Gasteiger charge is 2.38. The number of rotatable bonds is 2. The molecule has 2 aliphatic rings. The standard InChI is InChI=1S/C12H18O3S/c1-4-14-10-7-15-9-6-12(2,3)5-8(13)11(9)16-10/h10H,4-7H2,1-3H3. The Kier molecular flexibility index (Phi) is 3.31. The van der Waals surface area contributed by atoms with Crippen LogP contribution in [0.4, 0.5) is 0 Å². The number of carbonyl (C=O) groups excluding carboxylic acids is 1. The molecule has 0 N–H and O–H groups in total. The molecule has 1 aliphatic heterocycles. The number of hydrogen-bond donors (Lipinski definition) is 0. The molecule has 0 aromatic heterocycles. The summed E-state index contributed by atoms with van der Waals surface area (Å²) in [6.45, 7) is 7.38. The zero-order valence-corrected chi connectivity index (χ0v) is 10.9. The Morgan fingerprint density at radius 2 is 2.25 bits per heavy atom. The third kappa shape index (κ3) is 2.43. The number of Topliss-reactive ketones (excluding diaryl/α,β-unsaturated/α-hetero) is 1. The van der Waals surface area contributed by atoms with Crippen LogP contribution in [0.15, 0.2) is 10.7 Å². The summed E-state index contributed by atoms with van der Waals surface area (Å²) in [4.78, 5) is 12.8. The van der Waals surface area contributed by atoms with Crippen LogP contribution >= 0.6 is 11.8 Å². The van der Waals surface area contributed by atoms with Gasteiger partial charge in [0.2, 0.25) is 0 Å². The average molecular weight is 242 g/mol. The van der Waals surface area contributed by atoms with E-state index in [1.807, 2.05) is 6.92 Å². The number of allylic oxidation sites excluding steroid dienone is 2. The van der Waals surface area contributed by atoms with Crippen molar-refractivity contribution in [3.8, 4) is 0 Å². The topological polar surface area (TPSA) is 35.5 Å². The van der Waals surface area contributed by atoms with Crippen LogP contribution in [0.5, 0.6) is 0 Å². The molecule has 0 radical (unpaired) electrons. The van der Waals surface area contributed by atoms with Crippen LogP contribution in [0.1, 0.15) is 33.6 Å². The van der Waals surface area contributed by atoms with Crippen LogP contribution in [0.25, 0.3) is 0 Å². The van der Waals surface area contributed by atoms with Crippen LogP contribution < -0.4 is 0 Å². The first kappa shape index (κ1) is 12.0. The van der Waals surface area contributed by atoms with Crippen LogP contribution in [-0.4, -0.2) is 24.4 Å². The Hall–Kier alpha value is -0.480. The fraction of sp³-hybridized carbons (Fsp3) is 0.750. The predicted molar refractivity (Wildman–Crippen MR) is 64.0 cm³/mol. The lowest BCUT2D eigenvalue weighted by molar-refractivity contribution is -0.118. The zero-order valence-electron chi connectivity index (χ0n) is 10.0. The Morgan fingerprint density at radius 3 is 2.94 bits per heavy atom. The molecule has 2 rings (SSSR count). The van der Waals surface area contributed by atoms with Gasteiger partial charge in [-0.15, -0.1) is 0 Å². The van der Waals surface area contributed by atoms with Gasteiger partial charge in [0.05, 0.1) is 4.91 Å². The highest BCUT2D eigenvalue weighted by Crippen LogP contribution is 2.44. The molecule has 0 saturated heterocycles. The summed E-state index contributed by atoms with van der Waals surface area (Å²) in [5.74, 6) is 1.09. The van der Waals surface area contributed by atoms with Gasteiger partial charge in [0, 0.05) is 19.4 Å². The normalized spacial score (nSPS) is 28.7. The second-order valence-corrected chi connectivity index (χ2v) is 6.18. The lowest BCUT2D eigenvalue weighted by Gasteiger charge is -2.35. The van der Waals surface area contributed by atoms with E-state index in [1.54, 1.807) is 0 Å². The Balaban J connectivity index is 2.15. The van der Waals surface area contributed by atoms with Crippen LogP contribution in [0.3, 0.4) is 0 Å². The van der Waals surface area contributed by atoms with E-state index in [0.29, 0.717) is 19.6 Å². The van der Waals surface area contributed by atoms with Crippen molar-refractivity contribution >= 4 is 17.5 Å². The zero-order chi connectivity index (χ0) is 11.8. The third-order valence-electron chi connectivity index (χ3n) is 2.78. The molecule has 1 unspecified atom stereocenters. The number of carbonyl (C=O) groups is 1. The van der Waals surface area contributed by atoms with Crippen molar-refractivity contribution in [3.05, 3.63) is 10.7 Å². The Morgan fingerprint density at radius 1 is 1.50 bits per heavy atom. The van der Waals surface area contributed by atoms with E-state index in [4.69, 9.17) is 9.47 Å². The molecule has 4 heteroatoms. The van der Waals surface area contributed by atoms with Crippen LogP contribution in [0.2, 0.25) is 0 Å². The molecule has 1 heterocycles. The number of hydrogen-bond acceptors (Lipinski definition) is 4. The van der Waals surface area contributed by atoms with Gasteiger partial charge >= 0.3 is 0 Å². The van der Waals surface area contributed by atoms with Crippen LogP contribution in [-0.2, 0) is 14.3 Å². The summed E-state index contributed by atoms with van der Waals surface area (Å²) in [7, 11) is 0. The first-order chi connectivity index (χ1) is 7.52. The van der Waals surface area contributed by atoms with E-state index in [2.05, 4.69) is 13.8 Å². The fourth-order valence-electron chi connectivity index (χ4n) is 2.10. The summed E-state index contributed by atoms with van der Waals surface area (Å²) in [6.07, 6.45) is 1.47. The number of ketones is 1. The molecule has 16 heavy (non-hydrogen) atoms. The maximum atomic E-state index is 12.0. The summed E-state index contributed by atoms with van der Waals surface area (Å²) in [6, 6.07) is 0. The molecule has 90 valence electrons. The van der Waals surface area contributed by atoms with Gasteiger partial charge in [0.15, 0.2) is 5.78 Å². The van der Waals surface area contributed by atoms with Gasteiger partial charge in [0.25, 0.3) is 0 Å². The number of ether oxygens (including phenoxy) is 2. The monoisotopic (exact) mass is 242 g/mol. The lowest BCUT2D eigenvalue weighted by atomic mass is 9.79. The molecular weight excluding hydrogens is 224 g/mol. The molecule has 3 nitrogen and oxygen atoms in total. The second-order valence-electron chi connectivity index (χ2n) is 5.01. The van der Waals surface area contributed by atoms with E-state index in [0.717, 1.165) is 17.1 Å². The smallest absolute Gasteiger partial charge is 0.173 e. The quantitative estimate of drug-likeness (QED) is 0.746. The van der Waals surface area contributed by atoms with Gasteiger partial charge in [0.1, 0.15) is 17.8 Å². The molecule has 0 aromatic rings. The van der Waals surface area contributed by atoms with Gasteiger partial charge in [-0.25, -0.2) is 0 Å². The van der Waals surface area contributed by atoms with Crippen molar-refractivity contribution < 1.29 is 14.3 Å². The third-order valence-corrected chi connectivity index (χ3v) is 4.01. The van der Waals surface area contributed by atoms with Gasteiger partial charge < -0.3 is 9.47 Å². The van der Waals surface area contributed by atoms with E-state index in [-0.39, 0.29) is 16.6 Å². The van der Waals surface area contributed by atoms with E-state index in [9.17, 15) is 4.79 Å². The molecular formula is C12H18O3S. The molecule has 0 bridgehead atoms. The molecule has 0 aromatic carbocycles. The molecule has 0 amide bonds. The summed E-state index contributed by atoms with van der Waals surface area (Å²) in [5.41, 5.74) is 0.0171. The van der Waals surface area contributed by atoms with Crippen molar-refractivity contribution in [1.82, 2.24) is 0 Å². The molecule has 1 aliphatic carbocycles. The van der Waals surface area contributed by atoms with Crippen molar-refractivity contribution in [1.29, 1.82) is 0 Å². The highest BCUT2D eigenvalue weighted by molar-refractivity contribution is 8.04. The van der Waals surface area contributed by atoms with Gasteiger partial charge in [-0.1, -0.05) is 25.6 Å². The average Bonchev–Trinajstić information content (AvgIpc) is 2.18. The Labute approximate surface area is 101 Å². The summed E-state index contributed by atoms with van der Waals surface area (Å²) < 4.78 is 11.1. The molecule has 0 saturated carbocycles. The van der Waals surface area contributed by atoms with Crippen molar-refractivity contribution in [3.63, 3.8) is 0 Å². The van der Waals surface area contributed by atoms with E-state index in [1.165, 1.54) is 11.8 Å². The maximum Gasteiger partial charge on any atom is 0.173 e. The minimum atomic E-state index is -0.0195. The van der Waals surface area contributed by atoms with Gasteiger partial charge in [-0.2, -0.15) is 0 Å². The van der Waals surface area contributed by atoms with Gasteiger partial charge in [-0.05, 0) is 12.3 Å². The fourth-order valence-corrected chi connectivity index (χ4v) is 3.17. The summed E-state index contributed by atoms with van der Waals surface area (Å²) in [5, 5.41) is 0. The SMILES string of the molecule is CCOC1COC2=C(S1)C(=O)CC(C)(C)C2. The Bertz CT molecular complexity index is 333. The number of thioether (sulfide) groups is 1. The molecule has 1 atom stereocenters. The van der Waals surface area contributed by atoms with Crippen molar-refractivity contribution in [2.24, 2.45) is 5.41 Å². The van der Waals surface area contributed by atoms with Crippen molar-refractivity contribution in [2.75, 3.05) is 13.2 Å². The largest absolute Gasteiger partial charge is 0.493 e. The minimum Gasteiger partial charge on any atom is -0.493 e. The maximum absolute atomic E-state index is 12.0.